The van der Waals surface area contributed by atoms with E-state index in [2.05, 4.69) is 33.7 Å². The van der Waals surface area contributed by atoms with Crippen molar-refractivity contribution in [2.75, 3.05) is 13.2 Å². The second kappa shape index (κ2) is 13.4. The lowest BCUT2D eigenvalue weighted by Crippen LogP contribution is -2.43. The van der Waals surface area contributed by atoms with E-state index in [-0.39, 0.29) is 6.61 Å². The fraction of sp³-hybridized carbons (Fsp3) is 0.259. The molecule has 0 saturated heterocycles. The van der Waals surface area contributed by atoms with Crippen molar-refractivity contribution >= 4 is 27.7 Å². The van der Waals surface area contributed by atoms with Crippen LogP contribution >= 0.6 is 15.9 Å². The fourth-order valence-electron chi connectivity index (χ4n) is 3.30. The van der Waals surface area contributed by atoms with Crippen LogP contribution < -0.4 is 20.3 Å². The molecule has 0 aliphatic rings. The first-order chi connectivity index (χ1) is 16.6. The molecule has 0 aliphatic carbocycles. The van der Waals surface area contributed by atoms with E-state index in [0.717, 1.165) is 24.0 Å². The monoisotopic (exact) mass is 524 g/mol. The van der Waals surface area contributed by atoms with Gasteiger partial charge >= 0.3 is 0 Å². The molecule has 0 spiro atoms. The van der Waals surface area contributed by atoms with Gasteiger partial charge in [0.1, 0.15) is 11.5 Å². The van der Waals surface area contributed by atoms with Crippen LogP contribution in [0.3, 0.4) is 0 Å². The summed E-state index contributed by atoms with van der Waals surface area (Å²) in [6.07, 6.45) is 4.50. The van der Waals surface area contributed by atoms with Crippen molar-refractivity contribution in [1.82, 2.24) is 10.9 Å². The SMILES string of the molecule is CCCCCCOc1ccc(C(=O)NNC(=O)COc2ccccc2-c2ccccc2)cc1Br. The van der Waals surface area contributed by atoms with Crippen LogP contribution in [0, 0.1) is 0 Å². The molecule has 0 fully saturated rings. The zero-order valence-electron chi connectivity index (χ0n) is 19.2. The number of unbranched alkanes of at least 4 members (excludes halogenated alkanes) is 3. The van der Waals surface area contributed by atoms with Crippen LogP contribution in [0.25, 0.3) is 11.1 Å². The second-order valence-electron chi connectivity index (χ2n) is 7.71. The maximum absolute atomic E-state index is 12.4. The highest BCUT2D eigenvalue weighted by Crippen LogP contribution is 2.29. The van der Waals surface area contributed by atoms with Gasteiger partial charge in [-0.3, -0.25) is 20.4 Å². The number of rotatable bonds is 11. The highest BCUT2D eigenvalue weighted by atomic mass is 79.9. The average molecular weight is 525 g/mol. The molecule has 0 saturated carbocycles. The highest BCUT2D eigenvalue weighted by Gasteiger charge is 2.12. The number of ether oxygens (including phenoxy) is 2. The van der Waals surface area contributed by atoms with Crippen molar-refractivity contribution in [3.63, 3.8) is 0 Å². The minimum Gasteiger partial charge on any atom is -0.492 e. The van der Waals surface area contributed by atoms with E-state index in [9.17, 15) is 9.59 Å². The normalized spacial score (nSPS) is 10.4. The molecule has 34 heavy (non-hydrogen) atoms. The Labute approximate surface area is 208 Å². The number of halogens is 1. The maximum atomic E-state index is 12.4. The van der Waals surface area contributed by atoms with Gasteiger partial charge in [-0.25, -0.2) is 0 Å². The van der Waals surface area contributed by atoms with E-state index in [1.54, 1.807) is 24.3 Å². The summed E-state index contributed by atoms with van der Waals surface area (Å²) in [5.41, 5.74) is 7.07. The van der Waals surface area contributed by atoms with Crippen LogP contribution in [0.5, 0.6) is 11.5 Å². The van der Waals surface area contributed by atoms with E-state index in [1.165, 1.54) is 12.8 Å². The van der Waals surface area contributed by atoms with Crippen LogP contribution in [-0.2, 0) is 4.79 Å². The summed E-state index contributed by atoms with van der Waals surface area (Å²) in [4.78, 5) is 24.7. The average Bonchev–Trinajstić information content (AvgIpc) is 2.87. The van der Waals surface area contributed by atoms with E-state index in [4.69, 9.17) is 9.47 Å². The smallest absolute Gasteiger partial charge is 0.276 e. The molecule has 0 heterocycles. The molecule has 0 aromatic heterocycles. The molecular formula is C27H29BrN2O4. The van der Waals surface area contributed by atoms with Gasteiger partial charge < -0.3 is 9.47 Å². The summed E-state index contributed by atoms with van der Waals surface area (Å²) < 4.78 is 12.2. The van der Waals surface area contributed by atoms with Crippen LogP contribution in [-0.4, -0.2) is 25.0 Å². The molecule has 3 aromatic rings. The quantitative estimate of drug-likeness (QED) is 0.241. The van der Waals surface area contributed by atoms with E-state index >= 15 is 0 Å². The summed E-state index contributed by atoms with van der Waals surface area (Å²) in [6.45, 7) is 2.56. The third-order valence-corrected chi connectivity index (χ3v) is 5.72. The van der Waals surface area contributed by atoms with Crippen LogP contribution in [0.2, 0.25) is 0 Å². The molecule has 0 bridgehead atoms. The summed E-state index contributed by atoms with van der Waals surface area (Å²) in [7, 11) is 0. The molecule has 0 atom stereocenters. The Morgan fingerprint density at radius 2 is 1.59 bits per heavy atom. The molecule has 178 valence electrons. The summed E-state index contributed by atoms with van der Waals surface area (Å²) in [5.74, 6) is 0.363. The lowest BCUT2D eigenvalue weighted by atomic mass is 10.1. The summed E-state index contributed by atoms with van der Waals surface area (Å²) in [6, 6.07) is 22.3. The van der Waals surface area contributed by atoms with Crippen molar-refractivity contribution in [1.29, 1.82) is 0 Å². The summed E-state index contributed by atoms with van der Waals surface area (Å²) >= 11 is 3.44. The molecule has 7 heteroatoms. The first-order valence-corrected chi connectivity index (χ1v) is 12.2. The number of para-hydroxylation sites is 1. The van der Waals surface area contributed by atoms with Gasteiger partial charge in [-0.05, 0) is 52.2 Å². The lowest BCUT2D eigenvalue weighted by molar-refractivity contribution is -0.123. The molecule has 3 aromatic carbocycles. The van der Waals surface area contributed by atoms with Crippen LogP contribution in [0.15, 0.2) is 77.3 Å². The van der Waals surface area contributed by atoms with Crippen molar-refractivity contribution in [3.05, 3.63) is 82.8 Å². The second-order valence-corrected chi connectivity index (χ2v) is 8.56. The first kappa shape index (κ1) is 25.3. The van der Waals surface area contributed by atoms with Crippen LogP contribution in [0.1, 0.15) is 43.0 Å². The van der Waals surface area contributed by atoms with Crippen molar-refractivity contribution in [3.8, 4) is 22.6 Å². The zero-order chi connectivity index (χ0) is 24.2. The predicted molar refractivity (Wildman–Crippen MR) is 137 cm³/mol. The molecule has 0 radical (unpaired) electrons. The number of hydrazine groups is 1. The van der Waals surface area contributed by atoms with E-state index in [1.807, 2.05) is 48.5 Å². The number of nitrogens with one attached hydrogen (secondary N) is 2. The van der Waals surface area contributed by atoms with Crippen molar-refractivity contribution in [2.45, 2.75) is 32.6 Å². The van der Waals surface area contributed by atoms with Gasteiger partial charge in [-0.2, -0.15) is 0 Å². The zero-order valence-corrected chi connectivity index (χ0v) is 20.8. The minimum atomic E-state index is -0.470. The van der Waals surface area contributed by atoms with Gasteiger partial charge in [-0.1, -0.05) is 74.7 Å². The lowest BCUT2D eigenvalue weighted by Gasteiger charge is -2.13. The Kier molecular flexibility index (Phi) is 9.98. The van der Waals surface area contributed by atoms with Gasteiger partial charge in [0.05, 0.1) is 11.1 Å². The third-order valence-electron chi connectivity index (χ3n) is 5.10. The predicted octanol–water partition coefficient (Wildman–Crippen LogP) is 5.92. The fourth-order valence-corrected chi connectivity index (χ4v) is 3.79. The van der Waals surface area contributed by atoms with Gasteiger partial charge in [0.25, 0.3) is 11.8 Å². The molecule has 6 nitrogen and oxygen atoms in total. The Morgan fingerprint density at radius 3 is 2.35 bits per heavy atom. The van der Waals surface area contributed by atoms with Gasteiger partial charge in [-0.15, -0.1) is 0 Å². The summed E-state index contributed by atoms with van der Waals surface area (Å²) in [5, 5.41) is 0. The van der Waals surface area contributed by atoms with Gasteiger partial charge in [0.15, 0.2) is 6.61 Å². The first-order valence-electron chi connectivity index (χ1n) is 11.4. The number of hydrogen-bond acceptors (Lipinski definition) is 4. The van der Waals surface area contributed by atoms with E-state index < -0.39 is 11.8 Å². The maximum Gasteiger partial charge on any atom is 0.276 e. The third kappa shape index (κ3) is 7.63. The number of amides is 2. The molecule has 2 N–H and O–H groups in total. The van der Waals surface area contributed by atoms with Crippen LogP contribution in [0.4, 0.5) is 0 Å². The molecule has 2 amide bonds. The Bertz CT molecular complexity index is 1090. The highest BCUT2D eigenvalue weighted by molar-refractivity contribution is 9.10. The molecule has 0 unspecified atom stereocenters. The molecule has 0 aliphatic heterocycles. The number of hydrogen-bond donors (Lipinski definition) is 2. The Hall–Kier alpha value is -3.32. The number of carbonyl (C=O) groups is 2. The van der Waals surface area contributed by atoms with Gasteiger partial charge in [0, 0.05) is 11.1 Å². The largest absolute Gasteiger partial charge is 0.492 e. The Balaban J connectivity index is 1.47. The van der Waals surface area contributed by atoms with Crippen molar-refractivity contribution < 1.29 is 19.1 Å². The van der Waals surface area contributed by atoms with Gasteiger partial charge in [0.2, 0.25) is 0 Å². The number of benzene rings is 3. The minimum absolute atomic E-state index is 0.237. The standard InChI is InChI=1S/C27H29BrN2O4/c1-2-3-4-10-17-33-25-16-15-21(18-23(25)28)27(32)30-29-26(31)19-34-24-14-9-8-13-22(24)20-11-6-5-7-12-20/h5-9,11-16,18H,2-4,10,17,19H2,1H3,(H,29,31)(H,30,32). The topological polar surface area (TPSA) is 76.7 Å². The number of carbonyl (C=O) groups excluding carboxylic acids is 2. The van der Waals surface area contributed by atoms with Crippen molar-refractivity contribution in [2.24, 2.45) is 0 Å². The Morgan fingerprint density at radius 1 is 0.824 bits per heavy atom. The molecular weight excluding hydrogens is 496 g/mol. The molecule has 3 rings (SSSR count). The van der Waals surface area contributed by atoms with E-state index in [0.29, 0.717) is 28.1 Å².